The van der Waals surface area contributed by atoms with Crippen LogP contribution in [0.3, 0.4) is 0 Å². The lowest BCUT2D eigenvalue weighted by Crippen LogP contribution is -2.44. The summed E-state index contributed by atoms with van der Waals surface area (Å²) in [6, 6.07) is 11.7. The van der Waals surface area contributed by atoms with Crippen molar-refractivity contribution in [1.82, 2.24) is 14.7 Å². The molecule has 0 aromatic heterocycles. The minimum absolute atomic E-state index is 0.0211. The van der Waals surface area contributed by atoms with E-state index in [9.17, 15) is 22.8 Å². The topological polar surface area (TPSA) is 69.9 Å². The molecule has 3 amide bonds. The van der Waals surface area contributed by atoms with Crippen molar-refractivity contribution < 1.29 is 22.8 Å². The Bertz CT molecular complexity index is 1010. The first-order chi connectivity index (χ1) is 15.6. The van der Waals surface area contributed by atoms with Gasteiger partial charge in [-0.25, -0.2) is 4.79 Å². The van der Waals surface area contributed by atoms with Crippen molar-refractivity contribution in [2.45, 2.75) is 31.1 Å². The molecule has 2 N–H and O–H groups in total. The van der Waals surface area contributed by atoms with Crippen molar-refractivity contribution >= 4 is 11.9 Å². The summed E-state index contributed by atoms with van der Waals surface area (Å²) in [5, 5.41) is 0. The van der Waals surface area contributed by atoms with Crippen molar-refractivity contribution in [2.75, 3.05) is 33.2 Å². The summed E-state index contributed by atoms with van der Waals surface area (Å²) in [5.41, 5.74) is 7.06. The van der Waals surface area contributed by atoms with Gasteiger partial charge in [0.15, 0.2) is 0 Å². The maximum Gasteiger partial charge on any atom is 0.416 e. The fourth-order valence-electron chi connectivity index (χ4n) is 4.42. The van der Waals surface area contributed by atoms with Crippen LogP contribution in [0, 0.1) is 0 Å². The highest BCUT2D eigenvalue weighted by Gasteiger charge is 2.35. The van der Waals surface area contributed by atoms with E-state index >= 15 is 0 Å². The highest BCUT2D eigenvalue weighted by atomic mass is 19.4. The zero-order valence-electron chi connectivity index (χ0n) is 18.4. The summed E-state index contributed by atoms with van der Waals surface area (Å²) in [5.74, 6) is -0.156. The first-order valence-electron chi connectivity index (χ1n) is 11.0. The number of urea groups is 1. The largest absolute Gasteiger partial charge is 0.416 e. The van der Waals surface area contributed by atoms with Gasteiger partial charge in [-0.05, 0) is 48.2 Å². The number of likely N-dealkylation sites (N-methyl/N-ethyl adjacent to an activating group) is 1. The number of carbonyl (C=O) groups excluding carboxylic acids is 2. The molecule has 2 fully saturated rings. The minimum Gasteiger partial charge on any atom is -0.337 e. The summed E-state index contributed by atoms with van der Waals surface area (Å²) in [7, 11) is 1.73. The van der Waals surface area contributed by atoms with Crippen molar-refractivity contribution in [2.24, 2.45) is 5.73 Å². The van der Waals surface area contributed by atoms with Gasteiger partial charge in [0.25, 0.3) is 5.91 Å². The number of benzene rings is 2. The number of nitrogens with zero attached hydrogens (tertiary/aromatic N) is 3. The van der Waals surface area contributed by atoms with Crippen LogP contribution in [0.1, 0.15) is 28.8 Å². The van der Waals surface area contributed by atoms with Gasteiger partial charge in [0.1, 0.15) is 0 Å². The molecule has 2 aliphatic rings. The molecule has 2 aliphatic heterocycles. The van der Waals surface area contributed by atoms with Crippen molar-refractivity contribution in [1.29, 1.82) is 0 Å². The van der Waals surface area contributed by atoms with Gasteiger partial charge < -0.3 is 20.4 Å². The normalized spacial score (nSPS) is 20.9. The first kappa shape index (κ1) is 23.1. The number of carbonyl (C=O) groups is 2. The van der Waals surface area contributed by atoms with Crippen LogP contribution in [0.25, 0.3) is 11.1 Å². The molecule has 0 spiro atoms. The molecular weight excluding hydrogens is 433 g/mol. The highest BCUT2D eigenvalue weighted by Crippen LogP contribution is 2.31. The summed E-state index contributed by atoms with van der Waals surface area (Å²) in [6.07, 6.45) is -2.86. The number of hydrogen-bond donors (Lipinski definition) is 1. The Hall–Kier alpha value is -3.07. The van der Waals surface area contributed by atoms with Gasteiger partial charge in [0, 0.05) is 44.8 Å². The molecule has 9 heteroatoms. The molecule has 6 nitrogen and oxygen atoms in total. The lowest BCUT2D eigenvalue weighted by molar-refractivity contribution is -0.137. The van der Waals surface area contributed by atoms with Crippen LogP contribution >= 0.6 is 0 Å². The van der Waals surface area contributed by atoms with E-state index in [1.807, 2.05) is 0 Å². The average Bonchev–Trinajstić information content (AvgIpc) is 3.47. The van der Waals surface area contributed by atoms with E-state index in [1.165, 1.54) is 12.1 Å². The Balaban J connectivity index is 1.37. The second-order valence-electron chi connectivity index (χ2n) is 8.73. The average molecular weight is 461 g/mol. The third-order valence-electron chi connectivity index (χ3n) is 6.47. The van der Waals surface area contributed by atoms with E-state index in [-0.39, 0.29) is 24.0 Å². The van der Waals surface area contributed by atoms with Gasteiger partial charge in [0.05, 0.1) is 11.6 Å². The zero-order valence-corrected chi connectivity index (χ0v) is 18.4. The van der Waals surface area contributed by atoms with Gasteiger partial charge in [-0.15, -0.1) is 0 Å². The fraction of sp³-hybridized carbons (Fsp3) is 0.417. The van der Waals surface area contributed by atoms with Crippen LogP contribution in [-0.4, -0.2) is 71.9 Å². The quantitative estimate of drug-likeness (QED) is 0.760. The fourth-order valence-corrected chi connectivity index (χ4v) is 4.42. The number of likely N-dealkylation sites (tertiary alicyclic amines) is 2. The molecule has 2 aromatic rings. The van der Waals surface area contributed by atoms with Crippen molar-refractivity contribution in [3.05, 3.63) is 59.7 Å². The molecule has 0 aliphatic carbocycles. The molecule has 2 saturated heterocycles. The highest BCUT2D eigenvalue weighted by molar-refractivity contribution is 5.95. The van der Waals surface area contributed by atoms with Crippen LogP contribution in [0.2, 0.25) is 0 Å². The monoisotopic (exact) mass is 460 g/mol. The van der Waals surface area contributed by atoms with Crippen molar-refractivity contribution in [3.63, 3.8) is 0 Å². The smallest absolute Gasteiger partial charge is 0.337 e. The lowest BCUT2D eigenvalue weighted by atomic mass is 10.0. The molecule has 0 saturated carbocycles. The number of rotatable bonds is 3. The van der Waals surface area contributed by atoms with Gasteiger partial charge in [-0.2, -0.15) is 13.2 Å². The van der Waals surface area contributed by atoms with E-state index in [2.05, 4.69) is 0 Å². The van der Waals surface area contributed by atoms with Crippen LogP contribution in [0.4, 0.5) is 18.0 Å². The molecule has 33 heavy (non-hydrogen) atoms. The summed E-state index contributed by atoms with van der Waals surface area (Å²) < 4.78 is 38.3. The van der Waals surface area contributed by atoms with E-state index in [1.54, 1.807) is 46.0 Å². The summed E-state index contributed by atoms with van der Waals surface area (Å²) in [4.78, 5) is 30.9. The number of halogens is 3. The Morgan fingerprint density at radius 1 is 0.909 bits per heavy atom. The molecule has 0 bridgehead atoms. The van der Waals surface area contributed by atoms with E-state index in [0.717, 1.165) is 24.1 Å². The first-order valence-corrected chi connectivity index (χ1v) is 11.0. The molecule has 4 rings (SSSR count). The van der Waals surface area contributed by atoms with Crippen molar-refractivity contribution in [3.8, 4) is 11.1 Å². The Kier molecular flexibility index (Phi) is 6.34. The second kappa shape index (κ2) is 9.05. The molecular formula is C24H27F3N4O2. The number of nitrogens with two attached hydrogens (primary N) is 1. The zero-order chi connectivity index (χ0) is 23.8. The third kappa shape index (κ3) is 4.98. The summed E-state index contributed by atoms with van der Waals surface area (Å²) >= 11 is 0. The lowest BCUT2D eigenvalue weighted by Gasteiger charge is -2.27. The number of alkyl halides is 3. The van der Waals surface area contributed by atoms with E-state index < -0.39 is 11.7 Å². The van der Waals surface area contributed by atoms with E-state index in [4.69, 9.17) is 5.73 Å². The Morgan fingerprint density at radius 3 is 2.00 bits per heavy atom. The van der Waals surface area contributed by atoms with Crippen LogP contribution in [0.15, 0.2) is 48.5 Å². The molecule has 2 aromatic carbocycles. The van der Waals surface area contributed by atoms with Crippen LogP contribution in [-0.2, 0) is 6.18 Å². The minimum atomic E-state index is -4.37. The number of hydrogen-bond acceptors (Lipinski definition) is 3. The summed E-state index contributed by atoms with van der Waals surface area (Å²) in [6.45, 7) is 2.32. The van der Waals surface area contributed by atoms with Gasteiger partial charge in [0.2, 0.25) is 0 Å². The molecule has 0 radical (unpaired) electrons. The van der Waals surface area contributed by atoms with Gasteiger partial charge in [-0.1, -0.05) is 24.3 Å². The maximum atomic E-state index is 13.0. The van der Waals surface area contributed by atoms with Gasteiger partial charge >= 0.3 is 12.2 Å². The maximum absolute atomic E-state index is 13.0. The van der Waals surface area contributed by atoms with Crippen LogP contribution in [0.5, 0.6) is 0 Å². The van der Waals surface area contributed by atoms with Gasteiger partial charge in [-0.3, -0.25) is 4.79 Å². The van der Waals surface area contributed by atoms with E-state index in [0.29, 0.717) is 43.7 Å². The number of amides is 3. The Labute approximate surface area is 190 Å². The Morgan fingerprint density at radius 2 is 1.45 bits per heavy atom. The molecule has 176 valence electrons. The second-order valence-corrected chi connectivity index (χ2v) is 8.73. The van der Waals surface area contributed by atoms with Crippen LogP contribution < -0.4 is 5.73 Å². The SMILES string of the molecule is CN(C(=O)c1ccc(-c2ccc(C(F)(F)F)cc2)cc1)[C@@H]1CCN(C(=O)N2CC[C@H](N)C2)C1. The molecule has 2 heterocycles. The molecule has 0 unspecified atom stereocenters. The predicted molar refractivity (Wildman–Crippen MR) is 119 cm³/mol. The predicted octanol–water partition coefficient (Wildman–Crippen LogP) is 3.67. The standard InChI is InChI=1S/C24H27F3N4O2/c1-29(21-11-13-31(15-21)23(33)30-12-10-20(28)14-30)22(32)18-4-2-16(3-5-18)17-6-8-19(9-7-17)24(25,26)27/h2-9,20-21H,10-15,28H2,1H3/t20-,21+/m0/s1. The third-order valence-corrected chi connectivity index (χ3v) is 6.47. The molecule has 2 atom stereocenters.